The molecule has 0 bridgehead atoms. The molecule has 1 saturated heterocycles. The van der Waals surface area contributed by atoms with Gasteiger partial charge in [-0.25, -0.2) is 8.42 Å². The van der Waals surface area contributed by atoms with Crippen molar-refractivity contribution >= 4 is 38.4 Å². The number of aliphatic imine (C=N–C) groups is 1. The molecule has 240 valence electrons. The van der Waals surface area contributed by atoms with Crippen molar-refractivity contribution in [2.75, 3.05) is 19.6 Å². The van der Waals surface area contributed by atoms with Gasteiger partial charge in [-0.15, -0.1) is 0 Å². The van der Waals surface area contributed by atoms with E-state index in [1.165, 1.54) is 6.07 Å². The Kier molecular flexibility index (Phi) is 10.8. The van der Waals surface area contributed by atoms with Crippen molar-refractivity contribution in [3.05, 3.63) is 114 Å². The predicted octanol–water partition coefficient (Wildman–Crippen LogP) is 4.19. The highest BCUT2D eigenvalue weighted by Gasteiger charge is 2.32. The Morgan fingerprint density at radius 2 is 1.46 bits per heavy atom. The van der Waals surface area contributed by atoms with Gasteiger partial charge in [-0.3, -0.25) is 14.6 Å². The number of nitrogens with two attached hydrogens (primary N) is 1. The Hall–Kier alpha value is -4.54. The SMILES string of the molecule is CCCN=C(N)c1ccc(CC(NC(=O)C(Cc2ccccc2)NS(=O)(=O)c2ccc3ccccc3c2)C(=O)N2CCCC2)cc1. The Balaban J connectivity index is 1.40. The number of fused-ring (bicyclic) bond motifs is 1. The predicted molar refractivity (Wildman–Crippen MR) is 182 cm³/mol. The average Bonchev–Trinajstić information content (AvgIpc) is 3.62. The fourth-order valence-corrected chi connectivity index (χ4v) is 6.86. The molecule has 1 fully saturated rings. The van der Waals surface area contributed by atoms with Crippen LogP contribution >= 0.6 is 0 Å². The zero-order chi connectivity index (χ0) is 32.5. The second kappa shape index (κ2) is 15.2. The molecule has 10 heteroatoms. The van der Waals surface area contributed by atoms with E-state index < -0.39 is 28.0 Å². The van der Waals surface area contributed by atoms with Gasteiger partial charge in [0.15, 0.2) is 0 Å². The van der Waals surface area contributed by atoms with Crippen LogP contribution in [0.5, 0.6) is 0 Å². The number of rotatable bonds is 13. The highest BCUT2D eigenvalue weighted by molar-refractivity contribution is 7.89. The molecule has 4 aromatic rings. The van der Waals surface area contributed by atoms with Crippen LogP contribution in [0.1, 0.15) is 42.9 Å². The number of carbonyl (C=O) groups is 2. The number of hydrogen-bond donors (Lipinski definition) is 3. The molecular weight excluding hydrogens is 598 g/mol. The first-order valence-electron chi connectivity index (χ1n) is 15.8. The van der Waals surface area contributed by atoms with E-state index in [-0.39, 0.29) is 23.6 Å². The van der Waals surface area contributed by atoms with Crippen molar-refractivity contribution in [3.63, 3.8) is 0 Å². The number of benzene rings is 4. The third-order valence-electron chi connectivity index (χ3n) is 8.16. The first kappa shape index (κ1) is 32.8. The smallest absolute Gasteiger partial charge is 0.245 e. The number of nitrogens with one attached hydrogen (secondary N) is 2. The number of amides is 2. The highest BCUT2D eigenvalue weighted by Crippen LogP contribution is 2.20. The largest absolute Gasteiger partial charge is 0.384 e. The minimum Gasteiger partial charge on any atom is -0.384 e. The van der Waals surface area contributed by atoms with E-state index >= 15 is 0 Å². The summed E-state index contributed by atoms with van der Waals surface area (Å²) in [7, 11) is -4.10. The summed E-state index contributed by atoms with van der Waals surface area (Å²) in [5.41, 5.74) is 8.52. The zero-order valence-corrected chi connectivity index (χ0v) is 26.9. The third-order valence-corrected chi connectivity index (χ3v) is 9.62. The number of amidine groups is 1. The van der Waals surface area contributed by atoms with Gasteiger partial charge in [-0.1, -0.05) is 91.9 Å². The summed E-state index contributed by atoms with van der Waals surface area (Å²) in [6.07, 6.45) is 3.04. The van der Waals surface area contributed by atoms with Crippen LogP contribution < -0.4 is 15.8 Å². The summed E-state index contributed by atoms with van der Waals surface area (Å²) < 4.78 is 30.0. The molecule has 5 rings (SSSR count). The molecule has 2 atom stereocenters. The van der Waals surface area contributed by atoms with Crippen molar-refractivity contribution in [2.24, 2.45) is 10.7 Å². The summed E-state index contributed by atoms with van der Waals surface area (Å²) in [6.45, 7) is 3.92. The van der Waals surface area contributed by atoms with Crippen molar-refractivity contribution in [2.45, 2.75) is 56.0 Å². The molecule has 1 heterocycles. The molecule has 46 heavy (non-hydrogen) atoms. The molecule has 0 saturated carbocycles. The molecule has 0 aromatic heterocycles. The quantitative estimate of drug-likeness (QED) is 0.149. The van der Waals surface area contributed by atoms with Crippen molar-refractivity contribution in [1.82, 2.24) is 14.9 Å². The van der Waals surface area contributed by atoms with Crippen molar-refractivity contribution in [3.8, 4) is 0 Å². The number of hydrogen-bond acceptors (Lipinski definition) is 5. The van der Waals surface area contributed by atoms with Gasteiger partial charge in [-0.05, 0) is 59.7 Å². The molecule has 4 aromatic carbocycles. The monoisotopic (exact) mass is 639 g/mol. The zero-order valence-electron chi connectivity index (χ0n) is 26.1. The van der Waals surface area contributed by atoms with Crippen LogP contribution in [0.4, 0.5) is 0 Å². The maximum absolute atomic E-state index is 14.0. The number of sulfonamides is 1. The van der Waals surface area contributed by atoms with Crippen LogP contribution in [0.25, 0.3) is 10.8 Å². The van der Waals surface area contributed by atoms with Gasteiger partial charge in [0, 0.05) is 31.6 Å². The van der Waals surface area contributed by atoms with Crippen LogP contribution in [0.15, 0.2) is 107 Å². The first-order valence-corrected chi connectivity index (χ1v) is 17.3. The van der Waals surface area contributed by atoms with Crippen LogP contribution in [0, 0.1) is 0 Å². The van der Waals surface area contributed by atoms with Crippen LogP contribution in [0.3, 0.4) is 0 Å². The normalized spacial score (nSPS) is 15.1. The van der Waals surface area contributed by atoms with Gasteiger partial charge in [0.1, 0.15) is 17.9 Å². The molecule has 2 amide bonds. The molecule has 0 aliphatic carbocycles. The van der Waals surface area contributed by atoms with Crippen molar-refractivity contribution in [1.29, 1.82) is 0 Å². The second-order valence-corrected chi connectivity index (χ2v) is 13.3. The van der Waals surface area contributed by atoms with Gasteiger partial charge in [-0.2, -0.15) is 4.72 Å². The Labute approximate surface area is 271 Å². The van der Waals surface area contributed by atoms with Crippen LogP contribution in [-0.4, -0.2) is 62.7 Å². The molecule has 2 unspecified atom stereocenters. The number of likely N-dealkylation sites (tertiary alicyclic amines) is 1. The van der Waals surface area contributed by atoms with Crippen LogP contribution in [0.2, 0.25) is 0 Å². The Morgan fingerprint density at radius 3 is 2.15 bits per heavy atom. The van der Waals surface area contributed by atoms with Gasteiger partial charge < -0.3 is 16.0 Å². The lowest BCUT2D eigenvalue weighted by molar-refractivity contribution is -0.136. The van der Waals surface area contributed by atoms with Gasteiger partial charge in [0.05, 0.1) is 4.90 Å². The van der Waals surface area contributed by atoms with E-state index in [0.717, 1.165) is 46.7 Å². The third kappa shape index (κ3) is 8.38. The van der Waals surface area contributed by atoms with Gasteiger partial charge >= 0.3 is 0 Å². The van der Waals surface area contributed by atoms with E-state index in [1.807, 2.05) is 85.8 Å². The minimum absolute atomic E-state index is 0.0589. The molecule has 4 N–H and O–H groups in total. The van der Waals surface area contributed by atoms with Crippen molar-refractivity contribution < 1.29 is 18.0 Å². The summed E-state index contributed by atoms with van der Waals surface area (Å²) in [5.74, 6) is -0.304. The lowest BCUT2D eigenvalue weighted by atomic mass is 10.0. The van der Waals surface area contributed by atoms with Gasteiger partial charge in [0.25, 0.3) is 0 Å². The maximum Gasteiger partial charge on any atom is 0.245 e. The maximum atomic E-state index is 14.0. The fraction of sp³-hybridized carbons (Fsp3) is 0.306. The lowest BCUT2D eigenvalue weighted by Crippen LogP contribution is -2.55. The Bertz CT molecular complexity index is 1790. The first-order chi connectivity index (χ1) is 22.2. The average molecular weight is 640 g/mol. The highest BCUT2D eigenvalue weighted by atomic mass is 32.2. The molecule has 0 spiro atoms. The number of carbonyl (C=O) groups excluding carboxylic acids is 2. The van der Waals surface area contributed by atoms with Crippen LogP contribution in [-0.2, 0) is 32.5 Å². The van der Waals surface area contributed by atoms with E-state index in [1.54, 1.807) is 17.0 Å². The van der Waals surface area contributed by atoms with E-state index in [4.69, 9.17) is 5.73 Å². The fourth-order valence-electron chi connectivity index (χ4n) is 5.63. The number of nitrogens with zero attached hydrogens (tertiary/aromatic N) is 2. The summed E-state index contributed by atoms with van der Waals surface area (Å²) in [6, 6.07) is 27.0. The molecular formula is C36H41N5O4S. The summed E-state index contributed by atoms with van der Waals surface area (Å²) >= 11 is 0. The second-order valence-electron chi connectivity index (χ2n) is 11.6. The Morgan fingerprint density at radius 1 is 0.826 bits per heavy atom. The summed E-state index contributed by atoms with van der Waals surface area (Å²) in [5, 5.41) is 4.61. The molecule has 1 aliphatic rings. The minimum atomic E-state index is -4.10. The molecule has 0 radical (unpaired) electrons. The van der Waals surface area contributed by atoms with Gasteiger partial charge in [0.2, 0.25) is 21.8 Å². The molecule has 9 nitrogen and oxygen atoms in total. The summed E-state index contributed by atoms with van der Waals surface area (Å²) in [4.78, 5) is 33.9. The van der Waals surface area contributed by atoms with E-state index in [0.29, 0.717) is 25.5 Å². The van der Waals surface area contributed by atoms with E-state index in [9.17, 15) is 18.0 Å². The molecule has 1 aliphatic heterocycles. The lowest BCUT2D eigenvalue weighted by Gasteiger charge is -2.27. The standard InChI is InChI=1S/C36H41N5O4S/c1-2-20-38-34(37)29-16-14-27(15-17-29)24-33(36(43)41-21-8-9-22-41)39-35(42)32(23-26-10-4-3-5-11-26)40-46(44,45)31-19-18-28-12-6-7-13-30(28)25-31/h3-7,10-19,25,32-33,40H,2,8-9,20-24H2,1H3,(H2,37,38)(H,39,42). The topological polar surface area (TPSA) is 134 Å². The van der Waals surface area contributed by atoms with E-state index in [2.05, 4.69) is 15.0 Å².